The number of aromatic nitrogens is 1. The van der Waals surface area contributed by atoms with Crippen LogP contribution >= 0.6 is 0 Å². The molecule has 16 nitrogen and oxygen atoms in total. The molecule has 49 heavy (non-hydrogen) atoms. The summed E-state index contributed by atoms with van der Waals surface area (Å²) in [4.78, 5) is 73.3. The molecule has 16 heteroatoms. The van der Waals surface area contributed by atoms with Gasteiger partial charge in [0.05, 0.1) is 24.0 Å². The van der Waals surface area contributed by atoms with Gasteiger partial charge in [-0.2, -0.15) is 0 Å². The molecule has 1 fully saturated rings. The second-order valence-corrected chi connectivity index (χ2v) is 10.9. The minimum Gasteiger partial charge on any atom is -0.473 e. The highest BCUT2D eigenvalue weighted by atomic mass is 16.4. The maximum atomic E-state index is 13.2. The average molecular weight is 676 g/mol. The first-order chi connectivity index (χ1) is 23.3. The predicted octanol–water partition coefficient (Wildman–Crippen LogP) is 2.54. The Morgan fingerprint density at radius 1 is 0.796 bits per heavy atom. The molecule has 6 rings (SSSR count). The van der Waals surface area contributed by atoms with Crippen LogP contribution in [0.4, 0.5) is 17.2 Å². The van der Waals surface area contributed by atoms with Crippen molar-refractivity contribution in [3.05, 3.63) is 83.8 Å². The molecule has 4 aromatic rings. The van der Waals surface area contributed by atoms with Crippen LogP contribution in [0.25, 0.3) is 10.9 Å². The van der Waals surface area contributed by atoms with Crippen molar-refractivity contribution in [3.8, 4) is 0 Å². The molecule has 0 atom stereocenters. The van der Waals surface area contributed by atoms with E-state index in [1.807, 2.05) is 24.3 Å². The third-order valence-corrected chi connectivity index (χ3v) is 7.51. The fourth-order valence-electron chi connectivity index (χ4n) is 5.27. The fourth-order valence-corrected chi connectivity index (χ4v) is 5.27. The molecule has 0 aliphatic carbocycles. The van der Waals surface area contributed by atoms with Crippen LogP contribution in [-0.4, -0.2) is 110 Å². The number of pyridine rings is 1. The van der Waals surface area contributed by atoms with Crippen molar-refractivity contribution < 1.29 is 53.6 Å². The van der Waals surface area contributed by atoms with Crippen molar-refractivity contribution in [3.63, 3.8) is 0 Å². The number of nitrogens with one attached hydrogen (secondary N) is 1. The van der Waals surface area contributed by atoms with Crippen LogP contribution in [0.1, 0.15) is 21.7 Å². The largest absolute Gasteiger partial charge is 0.473 e. The van der Waals surface area contributed by atoms with Gasteiger partial charge in [0.15, 0.2) is 5.76 Å². The van der Waals surface area contributed by atoms with Crippen molar-refractivity contribution >= 4 is 63.8 Å². The van der Waals surface area contributed by atoms with Gasteiger partial charge in [-0.1, -0.05) is 30.3 Å². The van der Waals surface area contributed by atoms with E-state index in [-0.39, 0.29) is 18.4 Å². The van der Waals surface area contributed by atoms with Crippen LogP contribution in [0.2, 0.25) is 0 Å². The Morgan fingerprint density at radius 2 is 1.45 bits per heavy atom. The number of piperazine rings is 1. The van der Waals surface area contributed by atoms with Gasteiger partial charge >= 0.3 is 23.9 Å². The Morgan fingerprint density at radius 3 is 2.04 bits per heavy atom. The van der Waals surface area contributed by atoms with E-state index in [1.54, 1.807) is 17.0 Å². The first-order valence-electron chi connectivity index (χ1n) is 14.9. The van der Waals surface area contributed by atoms with Gasteiger partial charge in [-0.25, -0.2) is 24.2 Å². The van der Waals surface area contributed by atoms with Gasteiger partial charge in [0.1, 0.15) is 5.82 Å². The Labute approximate surface area is 278 Å². The number of hydrogen-bond donors (Lipinski definition) is 5. The summed E-state index contributed by atoms with van der Waals surface area (Å²) in [6.07, 6.45) is 2.32. The molecule has 0 spiro atoms. The normalized spacial score (nSPS) is 13.7. The van der Waals surface area contributed by atoms with Crippen LogP contribution in [-0.2, 0) is 30.4 Å². The van der Waals surface area contributed by atoms with E-state index in [4.69, 9.17) is 49.0 Å². The Balaban J connectivity index is 0.000000388. The number of hydrogen-bond acceptors (Lipinski definition) is 10. The number of rotatable bonds is 5. The lowest BCUT2D eigenvalue weighted by Crippen LogP contribution is -2.50. The Hall–Kier alpha value is -6.29. The Kier molecular flexibility index (Phi) is 11.6. The number of carboxylic acids is 4. The van der Waals surface area contributed by atoms with E-state index in [9.17, 15) is 9.59 Å². The monoisotopic (exact) mass is 675 g/mol. The molecule has 4 heterocycles. The van der Waals surface area contributed by atoms with Crippen LogP contribution < -0.4 is 10.2 Å². The Bertz CT molecular complexity index is 1820. The molecular weight excluding hydrogens is 642 g/mol. The van der Waals surface area contributed by atoms with E-state index >= 15 is 0 Å². The van der Waals surface area contributed by atoms with Gasteiger partial charge in [0, 0.05) is 49.4 Å². The second kappa shape index (κ2) is 16.0. The minimum absolute atomic E-state index is 0.0571. The molecule has 5 N–H and O–H groups in total. The predicted molar refractivity (Wildman–Crippen MR) is 174 cm³/mol. The van der Waals surface area contributed by atoms with Gasteiger partial charge in [0.2, 0.25) is 5.91 Å². The summed E-state index contributed by atoms with van der Waals surface area (Å²) in [7, 11) is 0. The molecule has 1 saturated heterocycles. The van der Waals surface area contributed by atoms with Crippen LogP contribution in [0.15, 0.2) is 71.3 Å². The number of furan rings is 1. The van der Waals surface area contributed by atoms with Crippen molar-refractivity contribution in [2.24, 2.45) is 0 Å². The lowest BCUT2D eigenvalue weighted by atomic mass is 10.1. The van der Waals surface area contributed by atoms with Gasteiger partial charge in [-0.3, -0.25) is 14.5 Å². The number of nitrogens with zero attached hydrogens (tertiary/aromatic N) is 4. The highest BCUT2D eigenvalue weighted by molar-refractivity contribution is 6.27. The van der Waals surface area contributed by atoms with Crippen molar-refractivity contribution in [1.29, 1.82) is 0 Å². The summed E-state index contributed by atoms with van der Waals surface area (Å²) in [5.41, 5.74) is 5.10. The molecule has 0 radical (unpaired) electrons. The topological polar surface area (TPSA) is 231 Å². The van der Waals surface area contributed by atoms with Gasteiger partial charge in [-0.15, -0.1) is 0 Å². The highest BCUT2D eigenvalue weighted by Gasteiger charge is 2.29. The van der Waals surface area contributed by atoms with E-state index in [0.29, 0.717) is 31.9 Å². The number of para-hydroxylation sites is 1. The number of carbonyl (C=O) groups excluding carboxylic acids is 2. The average Bonchev–Trinajstić information content (AvgIpc) is 3.76. The number of fused-ring (bicyclic) bond motifs is 2. The van der Waals surface area contributed by atoms with E-state index in [2.05, 4.69) is 46.3 Å². The first-order valence-corrected chi connectivity index (χ1v) is 14.9. The number of aliphatic carboxylic acids is 4. The van der Waals surface area contributed by atoms with Crippen molar-refractivity contribution in [1.82, 2.24) is 14.8 Å². The summed E-state index contributed by atoms with van der Waals surface area (Å²) in [5, 5.41) is 33.7. The number of carbonyl (C=O) groups is 6. The third kappa shape index (κ3) is 9.17. The zero-order chi connectivity index (χ0) is 35.7. The fraction of sp³-hybridized carbons (Fsp3) is 0.242. The quantitative estimate of drug-likeness (QED) is 0.192. The molecule has 0 bridgehead atoms. The second-order valence-electron chi connectivity index (χ2n) is 10.9. The van der Waals surface area contributed by atoms with Crippen LogP contribution in [0.5, 0.6) is 0 Å². The molecule has 0 saturated carbocycles. The first kappa shape index (κ1) is 35.6. The molecule has 2 aliphatic heterocycles. The zero-order valence-electron chi connectivity index (χ0n) is 26.2. The van der Waals surface area contributed by atoms with Gasteiger partial charge in [0.25, 0.3) is 5.91 Å². The lowest BCUT2D eigenvalue weighted by molar-refractivity contribution is -0.159. The molecule has 2 amide bonds. The maximum Gasteiger partial charge on any atom is 0.414 e. The number of benzene rings is 2. The smallest absolute Gasteiger partial charge is 0.414 e. The number of aryl methyl sites for hydroxylation is 1. The number of anilines is 3. The zero-order valence-corrected chi connectivity index (χ0v) is 26.2. The highest BCUT2D eigenvalue weighted by Crippen LogP contribution is 2.40. The van der Waals surface area contributed by atoms with Crippen molar-refractivity contribution in [2.45, 2.75) is 13.3 Å². The van der Waals surface area contributed by atoms with E-state index in [0.717, 1.165) is 46.6 Å². The third-order valence-electron chi connectivity index (χ3n) is 7.51. The summed E-state index contributed by atoms with van der Waals surface area (Å²) in [6, 6.07) is 19.8. The summed E-state index contributed by atoms with van der Waals surface area (Å²) < 4.78 is 5.24. The van der Waals surface area contributed by atoms with E-state index < -0.39 is 23.9 Å². The molecular formula is C33H33N5O11. The van der Waals surface area contributed by atoms with Crippen molar-refractivity contribution in [2.75, 3.05) is 49.5 Å². The van der Waals surface area contributed by atoms with Gasteiger partial charge < -0.3 is 40.0 Å². The lowest BCUT2D eigenvalue weighted by Gasteiger charge is -2.33. The molecule has 2 aromatic heterocycles. The minimum atomic E-state index is -1.82. The van der Waals surface area contributed by atoms with Crippen LogP contribution in [0, 0.1) is 6.92 Å². The van der Waals surface area contributed by atoms with Crippen LogP contribution in [0.3, 0.4) is 0 Å². The standard InChI is InChI=1S/C29H29N5O3.2C2H2O4/c1-20-6-4-7-21(18-20)34-12-11-23-27(22-8-2-3-9-24(22)30-28(23)34)31-26(35)19-32-13-15-33(16-14-32)29(36)25-10-5-17-37-25;2*3-1(4)2(5)6/h2-10,17-18H,11-16,19H2,1H3,(H,30,31,35);2*(H,3,4)(H,5,6). The molecule has 2 aromatic carbocycles. The molecule has 2 aliphatic rings. The van der Waals surface area contributed by atoms with Gasteiger partial charge in [-0.05, 0) is 49.2 Å². The summed E-state index contributed by atoms with van der Waals surface area (Å²) >= 11 is 0. The summed E-state index contributed by atoms with van der Waals surface area (Å²) in [6.45, 7) is 5.57. The maximum absolute atomic E-state index is 13.2. The number of amides is 2. The number of carboxylic acid groups (broad SMARTS) is 4. The molecule has 256 valence electrons. The molecule has 0 unspecified atom stereocenters. The summed E-state index contributed by atoms with van der Waals surface area (Å²) in [5.74, 6) is -6.20. The SMILES string of the molecule is Cc1cccc(N2CCc3c2nc2ccccc2c3NC(=O)CN2CCN(C(=O)c3ccco3)CC2)c1.O=C(O)C(=O)O.O=C(O)C(=O)O. The van der Waals surface area contributed by atoms with E-state index in [1.165, 1.54) is 11.8 Å².